The molecule has 3 aromatic carbocycles. The van der Waals surface area contributed by atoms with Crippen molar-refractivity contribution in [1.29, 1.82) is 42.1 Å². The van der Waals surface area contributed by atoms with Gasteiger partial charge in [0.1, 0.15) is 65.5 Å². The molecular formula is C34H5F5N8. The number of nitrogens with zero attached hydrogens (tertiary/aromatic N) is 8. The lowest BCUT2D eigenvalue weighted by Gasteiger charge is -2.13. The number of nitriles is 8. The Bertz CT molecular complexity index is 2340. The minimum Gasteiger partial charge on any atom is -0.206 e. The highest BCUT2D eigenvalue weighted by atomic mass is 19.2. The van der Waals surface area contributed by atoms with Crippen LogP contribution in [0.25, 0.3) is 33.4 Å². The van der Waals surface area contributed by atoms with Crippen molar-refractivity contribution in [2.75, 3.05) is 0 Å². The zero-order chi connectivity index (χ0) is 34.3. The highest BCUT2D eigenvalue weighted by Crippen LogP contribution is 2.56. The van der Waals surface area contributed by atoms with Gasteiger partial charge in [0.15, 0.2) is 23.3 Å². The molecule has 0 aliphatic heterocycles. The van der Waals surface area contributed by atoms with E-state index in [-0.39, 0.29) is 0 Å². The summed E-state index contributed by atoms with van der Waals surface area (Å²) in [5.41, 5.74) is -10.6. The number of rotatable bonds is 2. The van der Waals surface area contributed by atoms with Gasteiger partial charge in [-0.05, 0) is 41.5 Å². The molecule has 5 rings (SSSR count). The van der Waals surface area contributed by atoms with Gasteiger partial charge in [0.25, 0.3) is 0 Å². The Morgan fingerprint density at radius 1 is 0.426 bits per heavy atom. The number of allylic oxidation sites excluding steroid dienone is 8. The van der Waals surface area contributed by atoms with Gasteiger partial charge in [-0.1, -0.05) is 0 Å². The van der Waals surface area contributed by atoms with E-state index in [9.17, 15) is 40.4 Å². The van der Waals surface area contributed by atoms with E-state index in [0.29, 0.717) is 0 Å². The van der Waals surface area contributed by atoms with Gasteiger partial charge in [-0.25, -0.2) is 22.0 Å². The molecule has 0 saturated carbocycles. The van der Waals surface area contributed by atoms with E-state index in [1.54, 1.807) is 36.4 Å². The van der Waals surface area contributed by atoms with Crippen LogP contribution in [0.3, 0.4) is 0 Å². The Morgan fingerprint density at radius 3 is 1.09 bits per heavy atom. The van der Waals surface area contributed by atoms with Crippen LogP contribution in [-0.2, 0) is 0 Å². The highest BCUT2D eigenvalue weighted by Gasteiger charge is 2.42. The molecule has 2 aliphatic rings. The molecule has 0 heterocycles. The maximum absolute atomic E-state index is 16.8. The molecule has 47 heavy (non-hydrogen) atoms. The largest absolute Gasteiger partial charge is 0.206 e. The van der Waals surface area contributed by atoms with E-state index in [4.69, 9.17) is 10.5 Å². The Labute approximate surface area is 261 Å². The van der Waals surface area contributed by atoms with E-state index in [1.807, 2.05) is 0 Å². The quantitative estimate of drug-likeness (QED) is 0.225. The second-order valence-electron chi connectivity index (χ2n) is 9.51. The van der Waals surface area contributed by atoms with Crippen molar-refractivity contribution >= 4 is 33.4 Å². The van der Waals surface area contributed by atoms with Gasteiger partial charge in [-0.15, -0.1) is 0 Å². The van der Waals surface area contributed by atoms with Crippen molar-refractivity contribution in [2.45, 2.75) is 0 Å². The number of hydrogen-bond acceptors (Lipinski definition) is 8. The summed E-state index contributed by atoms with van der Waals surface area (Å²) in [6, 6.07) is 16.8. The maximum Gasteiger partial charge on any atom is 0.177 e. The minimum atomic E-state index is -1.67. The van der Waals surface area contributed by atoms with Gasteiger partial charge in [0, 0.05) is 44.5 Å². The summed E-state index contributed by atoms with van der Waals surface area (Å²) in [6.45, 7) is 0. The third kappa shape index (κ3) is 4.12. The fourth-order valence-corrected chi connectivity index (χ4v) is 5.52. The average molecular weight is 620 g/mol. The molecule has 13 heteroatoms. The van der Waals surface area contributed by atoms with Crippen molar-refractivity contribution in [3.05, 3.63) is 115 Å². The molecule has 216 valence electrons. The maximum atomic E-state index is 16.8. The first kappa shape index (κ1) is 30.6. The van der Waals surface area contributed by atoms with Gasteiger partial charge in [-0.2, -0.15) is 42.1 Å². The van der Waals surface area contributed by atoms with Gasteiger partial charge in [-0.3, -0.25) is 0 Å². The highest BCUT2D eigenvalue weighted by molar-refractivity contribution is 6.30. The van der Waals surface area contributed by atoms with Crippen LogP contribution >= 0.6 is 0 Å². The van der Waals surface area contributed by atoms with Crippen LogP contribution in [0.5, 0.6) is 0 Å². The van der Waals surface area contributed by atoms with Crippen molar-refractivity contribution < 1.29 is 22.0 Å². The lowest BCUT2D eigenvalue weighted by molar-refractivity contribution is 0.504. The number of hydrogen-bond donors (Lipinski definition) is 0. The fraction of sp³-hybridized carbons (Fsp3) is 0. The molecule has 8 nitrogen and oxygen atoms in total. The molecule has 0 atom stereocenters. The topological polar surface area (TPSA) is 190 Å². The summed E-state index contributed by atoms with van der Waals surface area (Å²) in [7, 11) is 0. The fourth-order valence-electron chi connectivity index (χ4n) is 5.52. The average Bonchev–Trinajstić information content (AvgIpc) is 3.58. The van der Waals surface area contributed by atoms with Crippen molar-refractivity contribution in [1.82, 2.24) is 0 Å². The van der Waals surface area contributed by atoms with E-state index in [2.05, 4.69) is 0 Å². The van der Waals surface area contributed by atoms with Crippen molar-refractivity contribution in [3.63, 3.8) is 0 Å². The summed E-state index contributed by atoms with van der Waals surface area (Å²) < 4.78 is 77.1. The van der Waals surface area contributed by atoms with Crippen LogP contribution < -0.4 is 0 Å². The molecule has 3 aromatic rings. The Balaban J connectivity index is 2.02. The predicted octanol–water partition coefficient (Wildman–Crippen LogP) is 6.62. The molecule has 0 aromatic heterocycles. The van der Waals surface area contributed by atoms with E-state index >= 15 is 13.2 Å². The SMILES string of the molecule is N#CC(C#N)=C1C(c2ccc(C#N)c(F)c2F)=C(C#N)c2c1cc1c(c2F)C(C#N)=C(c2ccc(C#N)c(F)c2F)C1=C(C#N)C#N. The third-order valence-corrected chi connectivity index (χ3v) is 7.42. The van der Waals surface area contributed by atoms with Crippen molar-refractivity contribution in [3.8, 4) is 48.6 Å². The molecule has 0 bridgehead atoms. The molecule has 0 spiro atoms. The molecule has 0 amide bonds. The zero-order valence-corrected chi connectivity index (χ0v) is 22.9. The smallest absolute Gasteiger partial charge is 0.177 e. The molecule has 0 radical (unpaired) electrons. The zero-order valence-electron chi connectivity index (χ0n) is 22.9. The second kappa shape index (κ2) is 11.4. The predicted molar refractivity (Wildman–Crippen MR) is 150 cm³/mol. The summed E-state index contributed by atoms with van der Waals surface area (Å²) in [5.74, 6) is -8.05. The van der Waals surface area contributed by atoms with E-state index in [1.165, 1.54) is 12.1 Å². The van der Waals surface area contributed by atoms with E-state index in [0.717, 1.165) is 30.3 Å². The summed E-state index contributed by atoms with van der Waals surface area (Å²) in [5, 5.41) is 77.8. The Hall–Kier alpha value is -7.81. The molecule has 0 N–H and O–H groups in total. The van der Waals surface area contributed by atoms with Gasteiger partial charge in [0.05, 0.1) is 22.3 Å². The monoisotopic (exact) mass is 620 g/mol. The number of benzene rings is 3. The first-order chi connectivity index (χ1) is 22.6. The van der Waals surface area contributed by atoms with Crippen LogP contribution in [0.15, 0.2) is 41.5 Å². The lowest BCUT2D eigenvalue weighted by atomic mass is 9.88. The molecule has 0 saturated heterocycles. The van der Waals surface area contributed by atoms with Crippen molar-refractivity contribution in [2.24, 2.45) is 0 Å². The van der Waals surface area contributed by atoms with Crippen LogP contribution in [0, 0.1) is 120 Å². The molecule has 2 aliphatic carbocycles. The Morgan fingerprint density at radius 2 is 0.787 bits per heavy atom. The standard InChI is InChI=1S/C34H5F5N8/c35-30-14(6-40)1-3-18(32(30)37)26-22(12-46)28-20(24(26)16(8-42)9-43)5-21-25(17(10-44)11-45)27(23(13-47)29(21)34(28)39)19-4-2-15(7-41)31(36)33(19)38/h1-5H. The first-order valence-corrected chi connectivity index (χ1v) is 12.6. The normalized spacial score (nSPS) is 12.4. The molecule has 0 unspecified atom stereocenters. The lowest BCUT2D eigenvalue weighted by Crippen LogP contribution is -2.01. The van der Waals surface area contributed by atoms with Gasteiger partial charge < -0.3 is 0 Å². The van der Waals surface area contributed by atoms with Crippen LogP contribution in [0.1, 0.15) is 44.5 Å². The third-order valence-electron chi connectivity index (χ3n) is 7.42. The molecular weight excluding hydrogens is 615 g/mol. The minimum absolute atomic E-state index is 0.451. The summed E-state index contributed by atoms with van der Waals surface area (Å²) in [6.07, 6.45) is 0. The van der Waals surface area contributed by atoms with Gasteiger partial charge in [0.2, 0.25) is 0 Å². The van der Waals surface area contributed by atoms with Crippen LogP contribution in [-0.4, -0.2) is 0 Å². The summed E-state index contributed by atoms with van der Waals surface area (Å²) >= 11 is 0. The van der Waals surface area contributed by atoms with Crippen LogP contribution in [0.2, 0.25) is 0 Å². The Kier molecular flexibility index (Phi) is 7.41. The first-order valence-electron chi connectivity index (χ1n) is 12.6. The van der Waals surface area contributed by atoms with E-state index < -0.39 is 118 Å². The number of fused-ring (bicyclic) bond motifs is 2. The number of halogens is 5. The van der Waals surface area contributed by atoms with Crippen LogP contribution in [0.4, 0.5) is 22.0 Å². The summed E-state index contributed by atoms with van der Waals surface area (Å²) in [4.78, 5) is 0. The second-order valence-corrected chi connectivity index (χ2v) is 9.51. The van der Waals surface area contributed by atoms with Gasteiger partial charge >= 0.3 is 0 Å². The molecule has 0 fully saturated rings.